The topological polar surface area (TPSA) is 255 Å². The largest absolute Gasteiger partial charge is 0.475 e. The van der Waals surface area contributed by atoms with Crippen LogP contribution in [-0.4, -0.2) is 106 Å². The number of methoxy groups -OCH3 is 1. The minimum absolute atomic E-state index is 0.0404. The maximum Gasteiger partial charge on any atom is 0.475 e. The quantitative estimate of drug-likeness (QED) is 0.207. The van der Waals surface area contributed by atoms with Crippen LogP contribution in [0.3, 0.4) is 0 Å². The van der Waals surface area contributed by atoms with Crippen LogP contribution in [0.4, 0.5) is 5.82 Å². The van der Waals surface area contributed by atoms with Crippen molar-refractivity contribution in [2.24, 2.45) is 11.3 Å². The number of H-pyrrole nitrogens is 1. The first-order valence-corrected chi connectivity index (χ1v) is 19.4. The number of aliphatic hydroxyl groups excluding tert-OH is 1. The molecule has 1 spiro atoms. The number of aromatic nitrogens is 8. The molecule has 8 rings (SSSR count). The normalized spacial score (nSPS) is 39.3. The number of aliphatic hydroxyl groups is 1. The number of hydrogen-bond donors (Lipinski definition) is 4. The van der Waals surface area contributed by atoms with Crippen molar-refractivity contribution in [2.75, 3.05) is 32.7 Å². The number of aryl methyl sites for hydroxylation is 1. The highest BCUT2D eigenvalue weighted by molar-refractivity contribution is 8.07. The molecule has 4 aromatic rings. The number of imidazole rings is 2. The molecule has 11 atom stereocenters. The van der Waals surface area contributed by atoms with Gasteiger partial charge < -0.3 is 43.8 Å². The monoisotopic (exact) mass is 741 g/mol. The fraction of sp³-hybridized carbons (Fsp3) is 0.615. The van der Waals surface area contributed by atoms with Crippen LogP contribution in [0.2, 0.25) is 0 Å². The molecule has 5 N–H and O–H groups in total. The van der Waals surface area contributed by atoms with E-state index in [1.54, 1.807) is 18.4 Å². The zero-order valence-electron chi connectivity index (χ0n) is 26.3. The summed E-state index contributed by atoms with van der Waals surface area (Å²) in [4.78, 5) is 47.9. The molecule has 2 saturated heterocycles. The number of aromatic amines is 1. The van der Waals surface area contributed by atoms with Gasteiger partial charge in [-0.25, -0.2) is 29.5 Å². The lowest BCUT2D eigenvalue weighted by molar-refractivity contribution is -0.0636. The Hall–Kier alpha value is -2.78. The Labute approximate surface area is 282 Å². The van der Waals surface area contributed by atoms with E-state index in [0.29, 0.717) is 23.4 Å². The van der Waals surface area contributed by atoms with Crippen LogP contribution in [0.15, 0.2) is 23.8 Å². The molecule has 264 valence electrons. The van der Waals surface area contributed by atoms with Crippen LogP contribution >= 0.6 is 14.5 Å². The maximum atomic E-state index is 14.5. The maximum absolute atomic E-state index is 14.5. The van der Waals surface area contributed by atoms with Crippen LogP contribution in [0.5, 0.6) is 0 Å². The number of phosphoric acid groups is 1. The van der Waals surface area contributed by atoms with Crippen molar-refractivity contribution in [3.63, 3.8) is 0 Å². The molecule has 4 aliphatic rings. The van der Waals surface area contributed by atoms with E-state index in [0.717, 1.165) is 0 Å². The highest BCUT2D eigenvalue weighted by atomic mass is 32.5. The second kappa shape index (κ2) is 11.9. The van der Waals surface area contributed by atoms with Gasteiger partial charge in [-0.3, -0.25) is 22.9 Å². The zero-order valence-corrected chi connectivity index (χ0v) is 28.9. The summed E-state index contributed by atoms with van der Waals surface area (Å²) in [7, 11) is -3.04. The molecule has 0 aromatic carbocycles. The summed E-state index contributed by atoms with van der Waals surface area (Å²) in [6, 6.07) is -0.668. The number of nitrogens with zero attached hydrogens (tertiary/aromatic N) is 7. The van der Waals surface area contributed by atoms with Crippen LogP contribution < -0.4 is 11.3 Å². The minimum Gasteiger partial charge on any atom is -0.388 e. The summed E-state index contributed by atoms with van der Waals surface area (Å²) in [5.41, 5.74) is 5.50. The molecular formula is C26H33N9O11P2S. The second-order valence-electron chi connectivity index (χ2n) is 12.3. The van der Waals surface area contributed by atoms with E-state index in [2.05, 4.69) is 29.9 Å². The Morgan fingerprint density at radius 2 is 1.94 bits per heavy atom. The van der Waals surface area contributed by atoms with Gasteiger partial charge in [0, 0.05) is 12.5 Å². The van der Waals surface area contributed by atoms with Gasteiger partial charge in [0.05, 0.1) is 38.5 Å². The fourth-order valence-corrected chi connectivity index (χ4v) is 10.3. The molecule has 23 heteroatoms. The second-order valence-corrected chi connectivity index (χ2v) is 16.8. The van der Waals surface area contributed by atoms with Gasteiger partial charge in [0.25, 0.3) is 5.56 Å². The first-order chi connectivity index (χ1) is 23.4. The van der Waals surface area contributed by atoms with Gasteiger partial charge in [-0.05, 0) is 38.0 Å². The lowest BCUT2D eigenvalue weighted by atomic mass is 10.0. The Balaban J connectivity index is 1.18. The molecule has 4 fully saturated rings. The molecule has 49 heavy (non-hydrogen) atoms. The molecule has 0 amide bonds. The zero-order chi connectivity index (χ0) is 34.5. The molecule has 2 aliphatic heterocycles. The highest BCUT2D eigenvalue weighted by Crippen LogP contribution is 2.72. The Morgan fingerprint density at radius 3 is 2.71 bits per heavy atom. The molecule has 4 aromatic heterocycles. The van der Waals surface area contributed by atoms with Crippen LogP contribution in [-0.2, 0) is 48.5 Å². The van der Waals surface area contributed by atoms with Crippen molar-refractivity contribution in [1.29, 1.82) is 0 Å². The number of fused-ring (bicyclic) bond motifs is 4. The van der Waals surface area contributed by atoms with E-state index in [4.69, 9.17) is 49.6 Å². The number of nitrogens with one attached hydrogen (secondary N) is 1. The van der Waals surface area contributed by atoms with Gasteiger partial charge in [-0.15, -0.1) is 0 Å². The van der Waals surface area contributed by atoms with E-state index in [9.17, 15) is 19.4 Å². The minimum atomic E-state index is -4.43. The predicted molar refractivity (Wildman–Crippen MR) is 170 cm³/mol. The van der Waals surface area contributed by atoms with Crippen molar-refractivity contribution in [3.8, 4) is 0 Å². The van der Waals surface area contributed by atoms with Gasteiger partial charge in [-0.2, -0.15) is 0 Å². The molecule has 2 saturated carbocycles. The number of phosphoric ester groups is 1. The van der Waals surface area contributed by atoms with Crippen molar-refractivity contribution in [1.82, 2.24) is 39.0 Å². The summed E-state index contributed by atoms with van der Waals surface area (Å²) in [6.07, 6.45) is -2.12. The van der Waals surface area contributed by atoms with Gasteiger partial charge in [0.2, 0.25) is 0 Å². The molecular weight excluding hydrogens is 708 g/mol. The lowest BCUT2D eigenvalue weighted by Gasteiger charge is -2.32. The van der Waals surface area contributed by atoms with E-state index in [1.807, 2.05) is 0 Å². The number of nitrogens with two attached hydrogens (primary N) is 1. The van der Waals surface area contributed by atoms with Crippen LogP contribution in [0.1, 0.15) is 31.4 Å². The molecule has 0 radical (unpaired) electrons. The summed E-state index contributed by atoms with van der Waals surface area (Å²) in [5, 5.41) is 11.7. The molecule has 2 aliphatic carbocycles. The van der Waals surface area contributed by atoms with Gasteiger partial charge in [-0.1, -0.05) is 0 Å². The van der Waals surface area contributed by atoms with E-state index >= 15 is 0 Å². The third kappa shape index (κ3) is 5.39. The summed E-state index contributed by atoms with van der Waals surface area (Å²) in [6.45, 7) is -1.54. The van der Waals surface area contributed by atoms with Crippen molar-refractivity contribution in [3.05, 3.63) is 35.2 Å². The Kier molecular flexibility index (Phi) is 8.10. The number of hydrogen-bond acceptors (Lipinski definition) is 17. The fourth-order valence-electron chi connectivity index (χ4n) is 7.39. The number of nitrogen functional groups attached to an aromatic ring is 1. The Morgan fingerprint density at radius 1 is 1.16 bits per heavy atom. The number of ether oxygens (including phenoxy) is 2. The van der Waals surface area contributed by atoms with Gasteiger partial charge in [0.1, 0.15) is 48.2 Å². The first kappa shape index (κ1) is 33.4. The number of rotatable bonds is 5. The van der Waals surface area contributed by atoms with Crippen LogP contribution in [0, 0.1) is 18.3 Å². The standard InChI is InChI=1S/C26H33N9O11P2S/c1-4-41-47(38)43-7-26-5-12(26)16(34-9-30-14-21(27)28-8-29-22(14)34)17(36)20(26)46-48(39,49)42-6-13-18(40-3)19(45-47)25(44-13)35-10-31-15-23(35)32-11(2)33-24(15)37/h8-10,12-13,16-20,25,36H,4-7H2,1-3H3,(H,39,49)(H2,27,28,29)(H,32,33,37)/t12-,13-,16-,17+,18-,19-,20+,25-,26-,47-,48?/m1/s1. The number of anilines is 1. The smallest absolute Gasteiger partial charge is 0.388 e. The molecule has 2 bridgehead atoms. The average Bonchev–Trinajstić information content (AvgIpc) is 3.35. The summed E-state index contributed by atoms with van der Waals surface area (Å²) >= 11 is 5.46. The third-order valence-electron chi connectivity index (χ3n) is 9.59. The lowest BCUT2D eigenvalue weighted by Crippen LogP contribution is -2.38. The Bertz CT molecular complexity index is 2100. The van der Waals surface area contributed by atoms with Crippen LogP contribution in [0.25, 0.3) is 22.3 Å². The van der Waals surface area contributed by atoms with E-state index < -0.39 is 68.3 Å². The van der Waals surface area contributed by atoms with Crippen molar-refractivity contribution < 1.29 is 46.7 Å². The SMILES string of the molecule is CCO[P@]1(=O)OC[C@]23C[C@@H]2[C@@H](n2cnc4c(N)ncnc42)[C@H](O)[C@@H]3OP(O)(=S)OC[C@H]2O[C@@H](n3cnc4c(=O)[nH]c(C)nc43)[C@H](O1)[C@@H]2OC. The third-order valence-corrected chi connectivity index (χ3v) is 12.7. The summed E-state index contributed by atoms with van der Waals surface area (Å²) < 4.78 is 59.5. The molecule has 20 nitrogen and oxygen atoms in total. The van der Waals surface area contributed by atoms with E-state index in [1.165, 1.54) is 30.7 Å². The van der Waals surface area contributed by atoms with Crippen molar-refractivity contribution in [2.45, 2.75) is 63.1 Å². The summed E-state index contributed by atoms with van der Waals surface area (Å²) in [5.74, 6) is 0.162. The molecule has 6 heterocycles. The molecule has 1 unspecified atom stereocenters. The van der Waals surface area contributed by atoms with Crippen molar-refractivity contribution >= 4 is 54.5 Å². The van der Waals surface area contributed by atoms with Gasteiger partial charge in [0.15, 0.2) is 28.9 Å². The highest BCUT2D eigenvalue weighted by Gasteiger charge is 2.74. The van der Waals surface area contributed by atoms with Gasteiger partial charge >= 0.3 is 14.5 Å². The van der Waals surface area contributed by atoms with E-state index in [-0.39, 0.29) is 42.7 Å². The first-order valence-electron chi connectivity index (χ1n) is 15.3. The average molecular weight is 742 g/mol. The predicted octanol–water partition coefficient (Wildman–Crippen LogP) is 0.863.